The third kappa shape index (κ3) is 6.64. The molecule has 0 aliphatic rings. The average molecular weight is 698 g/mol. The molecule has 4 aromatic carbocycles. The number of alkyl halides is 3. The first-order valence-corrected chi connectivity index (χ1v) is 16.0. The van der Waals surface area contributed by atoms with Gasteiger partial charge in [-0.2, -0.15) is 13.2 Å². The van der Waals surface area contributed by atoms with E-state index < -0.39 is 17.5 Å². The highest BCUT2D eigenvalue weighted by Crippen LogP contribution is 2.45. The second kappa shape index (κ2) is 13.4. The van der Waals surface area contributed by atoms with E-state index in [0.29, 0.717) is 62.1 Å². The summed E-state index contributed by atoms with van der Waals surface area (Å²) in [5.41, 5.74) is 0.660. The molecule has 0 atom stereocenters. The van der Waals surface area contributed by atoms with Crippen LogP contribution in [0.3, 0.4) is 0 Å². The van der Waals surface area contributed by atoms with Gasteiger partial charge in [-0.15, -0.1) is 0 Å². The third-order valence-electron chi connectivity index (χ3n) is 8.01. The van der Waals surface area contributed by atoms with Gasteiger partial charge in [0.15, 0.2) is 0 Å². The molecule has 0 aliphatic heterocycles. The van der Waals surface area contributed by atoms with Gasteiger partial charge in [0.1, 0.15) is 34.5 Å². The molecule has 0 aliphatic carbocycles. The molecule has 4 heterocycles. The Bertz CT molecular complexity index is 2530. The van der Waals surface area contributed by atoms with E-state index in [1.165, 1.54) is 12.1 Å². The zero-order valence-corrected chi connectivity index (χ0v) is 27.3. The molecule has 0 saturated heterocycles. The highest BCUT2D eigenvalue weighted by atomic mass is 19.4. The fourth-order valence-corrected chi connectivity index (χ4v) is 5.73. The minimum atomic E-state index is -4.75. The van der Waals surface area contributed by atoms with Crippen LogP contribution < -0.4 is 18.9 Å². The number of halogens is 3. The quantitative estimate of drug-likeness (QED) is 0.147. The minimum absolute atomic E-state index is 0.137. The van der Waals surface area contributed by atoms with Crippen molar-refractivity contribution >= 4 is 21.8 Å². The second-order valence-electron chi connectivity index (χ2n) is 11.6. The first-order chi connectivity index (χ1) is 25.3. The molecule has 0 fully saturated rings. The van der Waals surface area contributed by atoms with Crippen molar-refractivity contribution in [1.29, 1.82) is 0 Å². The summed E-state index contributed by atoms with van der Waals surface area (Å²) in [6, 6.07) is 31.6. The molecule has 256 valence electrons. The van der Waals surface area contributed by atoms with Gasteiger partial charge in [-0.3, -0.25) is 4.57 Å². The summed E-state index contributed by atoms with van der Waals surface area (Å²) in [5, 5.41) is 0.872. The number of aromatic nitrogens is 5. The number of pyridine rings is 2. The Balaban J connectivity index is 1.23. The number of ether oxygens (including phenoxy) is 4. The maximum atomic E-state index is 14.8. The number of benzene rings is 4. The Morgan fingerprint density at radius 3 is 1.54 bits per heavy atom. The highest BCUT2D eigenvalue weighted by Gasteiger charge is 2.36. The molecule has 0 saturated carbocycles. The van der Waals surface area contributed by atoms with Crippen LogP contribution in [0.2, 0.25) is 0 Å². The maximum absolute atomic E-state index is 14.8. The Kier molecular flexibility index (Phi) is 8.32. The molecular formula is C40H26F3N5O4. The van der Waals surface area contributed by atoms with E-state index in [-0.39, 0.29) is 11.7 Å². The van der Waals surface area contributed by atoms with Crippen molar-refractivity contribution in [2.45, 2.75) is 13.1 Å². The van der Waals surface area contributed by atoms with Crippen molar-refractivity contribution in [3.63, 3.8) is 0 Å². The zero-order chi connectivity index (χ0) is 35.7. The Labute approximate surface area is 294 Å². The topological polar surface area (TPSA) is 93.4 Å². The zero-order valence-electron chi connectivity index (χ0n) is 27.3. The monoisotopic (exact) mass is 697 g/mol. The summed E-state index contributed by atoms with van der Waals surface area (Å²) in [5.74, 6) is 2.55. The first kappa shape index (κ1) is 32.3. The standard InChI is InChI=1S/C40H26F3N5O4/c1-25-19-30-31-22-32(40(41,42)43)36(50-27-10-7-12-29(21-27)52-38-14-3-5-16-45-38)24-34(31)48(39-46-17-8-18-47-39)33(30)23-35(25)49-26-9-6-11-28(20-26)51-37-13-2-4-15-44-37/h2-24H,1H3. The van der Waals surface area contributed by atoms with Crippen molar-refractivity contribution < 1.29 is 32.1 Å². The number of fused-ring (bicyclic) bond motifs is 3. The molecular weight excluding hydrogens is 671 g/mol. The van der Waals surface area contributed by atoms with Crippen molar-refractivity contribution in [1.82, 2.24) is 24.5 Å². The molecule has 0 N–H and O–H groups in total. The molecule has 0 amide bonds. The van der Waals surface area contributed by atoms with Crippen LogP contribution in [0, 0.1) is 6.92 Å². The third-order valence-corrected chi connectivity index (χ3v) is 8.01. The van der Waals surface area contributed by atoms with Gasteiger partial charge < -0.3 is 18.9 Å². The van der Waals surface area contributed by atoms with Crippen LogP contribution in [-0.2, 0) is 6.18 Å². The molecule has 12 heteroatoms. The molecule has 52 heavy (non-hydrogen) atoms. The predicted octanol–water partition coefficient (Wildman–Crippen LogP) is 10.9. The van der Waals surface area contributed by atoms with E-state index in [2.05, 4.69) is 19.9 Å². The van der Waals surface area contributed by atoms with E-state index in [4.69, 9.17) is 18.9 Å². The molecule has 0 radical (unpaired) electrons. The molecule has 8 aromatic rings. The summed E-state index contributed by atoms with van der Waals surface area (Å²) in [7, 11) is 0. The lowest BCUT2D eigenvalue weighted by Gasteiger charge is -2.15. The summed E-state index contributed by atoms with van der Waals surface area (Å²) in [4.78, 5) is 17.2. The van der Waals surface area contributed by atoms with Crippen LogP contribution >= 0.6 is 0 Å². The Morgan fingerprint density at radius 2 is 1.00 bits per heavy atom. The van der Waals surface area contributed by atoms with Crippen LogP contribution in [0.15, 0.2) is 140 Å². The normalized spacial score (nSPS) is 11.5. The van der Waals surface area contributed by atoms with E-state index >= 15 is 0 Å². The van der Waals surface area contributed by atoms with Crippen molar-refractivity contribution in [3.05, 3.63) is 151 Å². The lowest BCUT2D eigenvalue weighted by Crippen LogP contribution is -2.08. The van der Waals surface area contributed by atoms with Crippen molar-refractivity contribution in [2.24, 2.45) is 0 Å². The first-order valence-electron chi connectivity index (χ1n) is 16.0. The van der Waals surface area contributed by atoms with Gasteiger partial charge in [0.05, 0.1) is 16.6 Å². The summed E-state index contributed by atoms with van der Waals surface area (Å²) < 4.78 is 69.9. The molecule has 0 spiro atoms. The summed E-state index contributed by atoms with van der Waals surface area (Å²) >= 11 is 0. The van der Waals surface area contributed by atoms with Gasteiger partial charge in [-0.25, -0.2) is 19.9 Å². The fraction of sp³-hybridized carbons (Fsp3) is 0.0500. The van der Waals surface area contributed by atoms with Crippen LogP contribution in [-0.4, -0.2) is 24.5 Å². The molecule has 0 bridgehead atoms. The van der Waals surface area contributed by atoms with Crippen molar-refractivity contribution in [2.75, 3.05) is 0 Å². The lowest BCUT2D eigenvalue weighted by molar-refractivity contribution is -0.138. The van der Waals surface area contributed by atoms with Crippen LogP contribution in [0.1, 0.15) is 11.1 Å². The lowest BCUT2D eigenvalue weighted by atomic mass is 10.1. The Morgan fingerprint density at radius 1 is 0.500 bits per heavy atom. The summed E-state index contributed by atoms with van der Waals surface area (Å²) in [6.07, 6.45) is 1.59. The highest BCUT2D eigenvalue weighted by molar-refractivity contribution is 6.10. The van der Waals surface area contributed by atoms with E-state index in [1.54, 1.807) is 120 Å². The van der Waals surface area contributed by atoms with Gasteiger partial charge in [0.25, 0.3) is 0 Å². The van der Waals surface area contributed by atoms with Crippen LogP contribution in [0.5, 0.6) is 46.3 Å². The van der Waals surface area contributed by atoms with Gasteiger partial charge in [0.2, 0.25) is 17.7 Å². The van der Waals surface area contributed by atoms with Crippen molar-refractivity contribution in [3.8, 4) is 52.2 Å². The van der Waals surface area contributed by atoms with E-state index in [1.807, 2.05) is 13.0 Å². The van der Waals surface area contributed by atoms with Gasteiger partial charge in [-0.05, 0) is 67.1 Å². The van der Waals surface area contributed by atoms with Crippen LogP contribution in [0.25, 0.3) is 27.8 Å². The number of nitrogens with zero attached hydrogens (tertiary/aromatic N) is 5. The average Bonchev–Trinajstić information content (AvgIpc) is 3.44. The largest absolute Gasteiger partial charge is 0.457 e. The number of aryl methyl sites for hydroxylation is 1. The van der Waals surface area contributed by atoms with Crippen LogP contribution in [0.4, 0.5) is 13.2 Å². The minimum Gasteiger partial charge on any atom is -0.457 e. The van der Waals surface area contributed by atoms with E-state index in [9.17, 15) is 13.2 Å². The number of hydrogen-bond acceptors (Lipinski definition) is 8. The predicted molar refractivity (Wildman–Crippen MR) is 188 cm³/mol. The fourth-order valence-electron chi connectivity index (χ4n) is 5.73. The summed E-state index contributed by atoms with van der Waals surface area (Å²) in [6.45, 7) is 1.83. The maximum Gasteiger partial charge on any atom is 0.420 e. The smallest absolute Gasteiger partial charge is 0.420 e. The molecule has 9 nitrogen and oxygen atoms in total. The van der Waals surface area contributed by atoms with E-state index in [0.717, 1.165) is 6.07 Å². The Hall–Kier alpha value is -6.95. The molecule has 8 rings (SSSR count). The molecule has 0 unspecified atom stereocenters. The second-order valence-corrected chi connectivity index (χ2v) is 11.6. The SMILES string of the molecule is Cc1cc2c3cc(C(F)(F)F)c(Oc4cccc(Oc5ccccn5)c4)cc3n(-c3ncccn3)c2cc1Oc1cccc(Oc2ccccn2)c1. The van der Waals surface area contributed by atoms with Gasteiger partial charge >= 0.3 is 6.18 Å². The van der Waals surface area contributed by atoms with Gasteiger partial charge in [0, 0.05) is 72.0 Å². The number of hydrogen-bond donors (Lipinski definition) is 0. The molecule has 4 aromatic heterocycles. The van der Waals surface area contributed by atoms with Gasteiger partial charge in [-0.1, -0.05) is 24.3 Å². The number of rotatable bonds is 9.